The molecule has 1 aromatic carbocycles. The molecule has 5 heteroatoms. The number of carbonyl (C=O) groups is 1. The summed E-state index contributed by atoms with van der Waals surface area (Å²) in [6.45, 7) is 3.06. The van der Waals surface area contributed by atoms with Crippen molar-refractivity contribution in [2.75, 3.05) is 18.1 Å². The molecule has 1 aliphatic heterocycles. The van der Waals surface area contributed by atoms with E-state index >= 15 is 0 Å². The van der Waals surface area contributed by atoms with E-state index in [1.165, 1.54) is 0 Å². The van der Waals surface area contributed by atoms with Crippen LogP contribution >= 0.6 is 15.9 Å². The van der Waals surface area contributed by atoms with Crippen LogP contribution < -0.4 is 10.6 Å². The van der Waals surface area contributed by atoms with Crippen molar-refractivity contribution in [1.82, 2.24) is 0 Å². The Kier molecular flexibility index (Phi) is 3.92. The van der Waals surface area contributed by atoms with Gasteiger partial charge in [0.25, 0.3) is 0 Å². The van der Waals surface area contributed by atoms with Gasteiger partial charge in [-0.3, -0.25) is 4.90 Å². The Morgan fingerprint density at radius 2 is 2.22 bits per heavy atom. The maximum atomic E-state index is 12.0. The van der Waals surface area contributed by atoms with Gasteiger partial charge in [-0.1, -0.05) is 12.1 Å². The van der Waals surface area contributed by atoms with Gasteiger partial charge in [-0.15, -0.1) is 0 Å². The number of cyclic esters (lactones) is 1. The zero-order valence-corrected chi connectivity index (χ0v) is 11.9. The van der Waals surface area contributed by atoms with Gasteiger partial charge in [-0.25, -0.2) is 4.79 Å². The molecule has 1 unspecified atom stereocenters. The zero-order valence-electron chi connectivity index (χ0n) is 10.4. The summed E-state index contributed by atoms with van der Waals surface area (Å²) in [5.74, 6) is 0. The number of ether oxygens (including phenoxy) is 1. The first-order valence-electron chi connectivity index (χ1n) is 6.00. The number of para-hydroxylation sites is 1. The average Bonchev–Trinajstić information content (AvgIpc) is 2.65. The maximum Gasteiger partial charge on any atom is 0.415 e. The van der Waals surface area contributed by atoms with Crippen molar-refractivity contribution in [3.8, 4) is 0 Å². The second kappa shape index (κ2) is 5.28. The van der Waals surface area contributed by atoms with Crippen molar-refractivity contribution in [1.29, 1.82) is 0 Å². The number of carbonyl (C=O) groups excluding carboxylic acids is 1. The molecular formula is C13H17BrN2O2. The molecule has 1 aromatic rings. The second-order valence-electron chi connectivity index (χ2n) is 4.73. The van der Waals surface area contributed by atoms with Gasteiger partial charge in [0, 0.05) is 4.47 Å². The number of benzene rings is 1. The third-order valence-electron chi connectivity index (χ3n) is 3.24. The average molecular weight is 313 g/mol. The van der Waals surface area contributed by atoms with Gasteiger partial charge in [0.1, 0.15) is 6.61 Å². The largest absolute Gasteiger partial charge is 0.447 e. The normalized spacial score (nSPS) is 23.3. The summed E-state index contributed by atoms with van der Waals surface area (Å²) < 4.78 is 6.10. The van der Waals surface area contributed by atoms with Gasteiger partial charge in [0.2, 0.25) is 0 Å². The fourth-order valence-electron chi connectivity index (χ4n) is 2.26. The van der Waals surface area contributed by atoms with Gasteiger partial charge >= 0.3 is 6.09 Å². The van der Waals surface area contributed by atoms with E-state index in [0.717, 1.165) is 23.0 Å². The molecule has 0 bridgehead atoms. The van der Waals surface area contributed by atoms with E-state index in [1.54, 1.807) is 4.90 Å². The van der Waals surface area contributed by atoms with E-state index in [-0.39, 0.29) is 11.6 Å². The SMILES string of the molecule is CC1(CCCN)COC(=O)N1c1ccccc1Br. The van der Waals surface area contributed by atoms with Gasteiger partial charge in [-0.05, 0) is 54.4 Å². The van der Waals surface area contributed by atoms with E-state index < -0.39 is 0 Å². The molecule has 1 heterocycles. The molecule has 0 spiro atoms. The smallest absolute Gasteiger partial charge is 0.415 e. The highest BCUT2D eigenvalue weighted by Crippen LogP contribution is 2.37. The van der Waals surface area contributed by atoms with Crippen LogP contribution in [0.5, 0.6) is 0 Å². The van der Waals surface area contributed by atoms with Crippen molar-refractivity contribution in [2.45, 2.75) is 25.3 Å². The molecular weight excluding hydrogens is 296 g/mol. The quantitative estimate of drug-likeness (QED) is 0.930. The molecule has 18 heavy (non-hydrogen) atoms. The van der Waals surface area contributed by atoms with Crippen LogP contribution in [0, 0.1) is 0 Å². The molecule has 1 saturated heterocycles. The van der Waals surface area contributed by atoms with Crippen molar-refractivity contribution in [2.24, 2.45) is 5.73 Å². The van der Waals surface area contributed by atoms with Crippen LogP contribution in [0.1, 0.15) is 19.8 Å². The van der Waals surface area contributed by atoms with Crippen LogP contribution in [0.15, 0.2) is 28.7 Å². The number of anilines is 1. The molecule has 4 nitrogen and oxygen atoms in total. The van der Waals surface area contributed by atoms with Gasteiger partial charge in [-0.2, -0.15) is 0 Å². The van der Waals surface area contributed by atoms with Gasteiger partial charge in [0.15, 0.2) is 0 Å². The minimum atomic E-state index is -0.319. The number of hydrogen-bond acceptors (Lipinski definition) is 3. The van der Waals surface area contributed by atoms with E-state index in [1.807, 2.05) is 31.2 Å². The summed E-state index contributed by atoms with van der Waals surface area (Å²) in [6.07, 6.45) is 1.41. The molecule has 0 radical (unpaired) electrons. The molecule has 0 aromatic heterocycles. The first kappa shape index (κ1) is 13.4. The first-order valence-corrected chi connectivity index (χ1v) is 6.79. The van der Waals surface area contributed by atoms with Crippen LogP contribution in [-0.4, -0.2) is 24.8 Å². The lowest BCUT2D eigenvalue weighted by molar-refractivity contribution is 0.173. The number of amides is 1. The molecule has 1 atom stereocenters. The predicted octanol–water partition coefficient (Wildman–Crippen LogP) is 2.90. The minimum absolute atomic E-state index is 0.290. The number of nitrogens with two attached hydrogens (primary N) is 1. The number of hydrogen-bond donors (Lipinski definition) is 1. The fourth-order valence-corrected chi connectivity index (χ4v) is 2.72. The molecule has 2 N–H and O–H groups in total. The highest BCUT2D eigenvalue weighted by atomic mass is 79.9. The summed E-state index contributed by atoms with van der Waals surface area (Å²) in [5.41, 5.74) is 6.09. The van der Waals surface area contributed by atoms with Crippen LogP contribution in [0.2, 0.25) is 0 Å². The molecule has 2 rings (SSSR count). The molecule has 0 saturated carbocycles. The highest BCUT2D eigenvalue weighted by Gasteiger charge is 2.44. The van der Waals surface area contributed by atoms with Crippen molar-refractivity contribution in [3.63, 3.8) is 0 Å². The van der Waals surface area contributed by atoms with E-state index in [2.05, 4.69) is 15.9 Å². The zero-order chi connectivity index (χ0) is 13.2. The molecule has 98 valence electrons. The second-order valence-corrected chi connectivity index (χ2v) is 5.58. The number of rotatable bonds is 4. The molecule has 1 amide bonds. The van der Waals surface area contributed by atoms with Gasteiger partial charge in [0.05, 0.1) is 11.2 Å². The number of halogens is 1. The summed E-state index contributed by atoms with van der Waals surface area (Å²) in [6, 6.07) is 7.67. The summed E-state index contributed by atoms with van der Waals surface area (Å²) in [5, 5.41) is 0. The lowest BCUT2D eigenvalue weighted by Gasteiger charge is -2.32. The summed E-state index contributed by atoms with van der Waals surface area (Å²) in [4.78, 5) is 13.7. The molecule has 1 fully saturated rings. The summed E-state index contributed by atoms with van der Waals surface area (Å²) >= 11 is 3.48. The Balaban J connectivity index is 2.33. The first-order chi connectivity index (χ1) is 8.58. The van der Waals surface area contributed by atoms with Crippen LogP contribution in [0.3, 0.4) is 0 Å². The predicted molar refractivity (Wildman–Crippen MR) is 74.7 cm³/mol. The van der Waals surface area contributed by atoms with Gasteiger partial charge < -0.3 is 10.5 Å². The number of nitrogens with zero attached hydrogens (tertiary/aromatic N) is 1. The molecule has 0 aliphatic carbocycles. The summed E-state index contributed by atoms with van der Waals surface area (Å²) in [7, 11) is 0. The highest BCUT2D eigenvalue weighted by molar-refractivity contribution is 9.10. The Hall–Kier alpha value is -1.07. The van der Waals surface area contributed by atoms with E-state index in [9.17, 15) is 4.79 Å². The standard InChI is InChI=1S/C13H17BrN2O2/c1-13(7-4-8-15)9-18-12(17)16(13)11-6-3-2-5-10(11)14/h2-3,5-6H,4,7-9,15H2,1H3. The lowest BCUT2D eigenvalue weighted by Crippen LogP contribution is -2.45. The van der Waals surface area contributed by atoms with Crippen LogP contribution in [-0.2, 0) is 4.74 Å². The third kappa shape index (κ3) is 2.37. The fraction of sp³-hybridized carbons (Fsp3) is 0.462. The maximum absolute atomic E-state index is 12.0. The van der Waals surface area contributed by atoms with Crippen molar-refractivity contribution >= 4 is 27.7 Å². The monoisotopic (exact) mass is 312 g/mol. The van der Waals surface area contributed by atoms with Crippen molar-refractivity contribution in [3.05, 3.63) is 28.7 Å². The van der Waals surface area contributed by atoms with Crippen molar-refractivity contribution < 1.29 is 9.53 Å². The Bertz CT molecular complexity index is 452. The Morgan fingerprint density at radius 3 is 2.89 bits per heavy atom. The van der Waals surface area contributed by atoms with Crippen LogP contribution in [0.4, 0.5) is 10.5 Å². The lowest BCUT2D eigenvalue weighted by atomic mass is 9.95. The van der Waals surface area contributed by atoms with E-state index in [4.69, 9.17) is 10.5 Å². The van der Waals surface area contributed by atoms with Crippen LogP contribution in [0.25, 0.3) is 0 Å². The topological polar surface area (TPSA) is 55.6 Å². The minimum Gasteiger partial charge on any atom is -0.447 e. The Morgan fingerprint density at radius 1 is 1.50 bits per heavy atom. The Labute approximate surface area is 115 Å². The third-order valence-corrected chi connectivity index (χ3v) is 3.91. The van der Waals surface area contributed by atoms with E-state index in [0.29, 0.717) is 13.2 Å². The molecule has 1 aliphatic rings.